The van der Waals surface area contributed by atoms with Gasteiger partial charge in [-0.25, -0.2) is 0 Å². The Hall–Kier alpha value is -2.46. The maximum absolute atomic E-state index is 5.11. The van der Waals surface area contributed by atoms with Crippen molar-refractivity contribution in [1.82, 2.24) is 15.5 Å². The molecule has 3 rings (SSSR count). The minimum absolute atomic E-state index is 0.103. The third kappa shape index (κ3) is 3.35. The molecule has 2 heterocycles. The van der Waals surface area contributed by atoms with Gasteiger partial charge in [-0.2, -0.15) is 0 Å². The fourth-order valence-electron chi connectivity index (χ4n) is 2.34. The topological polar surface area (TPSA) is 51.0 Å². The zero-order valence-corrected chi connectivity index (χ0v) is 11.9. The number of aryl methyl sites for hydroxylation is 1. The van der Waals surface area contributed by atoms with Gasteiger partial charge in [0.05, 0.1) is 11.7 Å². The Labute approximate surface area is 123 Å². The van der Waals surface area contributed by atoms with Gasteiger partial charge >= 0.3 is 0 Å². The van der Waals surface area contributed by atoms with Crippen LogP contribution >= 0.6 is 0 Å². The molecule has 1 atom stereocenters. The highest BCUT2D eigenvalue weighted by atomic mass is 16.5. The summed E-state index contributed by atoms with van der Waals surface area (Å²) in [7, 11) is 0. The average molecular weight is 279 g/mol. The van der Waals surface area contributed by atoms with Crippen LogP contribution in [0.1, 0.15) is 28.6 Å². The van der Waals surface area contributed by atoms with Gasteiger partial charge in [0.1, 0.15) is 5.76 Å². The predicted molar refractivity (Wildman–Crippen MR) is 80.6 cm³/mol. The number of aromatic nitrogens is 2. The van der Waals surface area contributed by atoms with Gasteiger partial charge in [0, 0.05) is 25.0 Å². The highest BCUT2D eigenvalue weighted by Gasteiger charge is 2.14. The Bertz CT molecular complexity index is 640. The van der Waals surface area contributed by atoms with Gasteiger partial charge in [-0.1, -0.05) is 35.5 Å². The van der Waals surface area contributed by atoms with Gasteiger partial charge in [0.15, 0.2) is 0 Å². The van der Waals surface area contributed by atoms with E-state index in [4.69, 9.17) is 4.52 Å². The maximum atomic E-state index is 5.11. The van der Waals surface area contributed by atoms with Crippen molar-refractivity contribution in [2.45, 2.75) is 19.5 Å². The number of pyridine rings is 1. The minimum Gasteiger partial charge on any atom is -0.361 e. The van der Waals surface area contributed by atoms with Crippen molar-refractivity contribution >= 4 is 0 Å². The maximum Gasteiger partial charge on any atom is 0.133 e. The highest BCUT2D eigenvalue weighted by molar-refractivity contribution is 5.30. The summed E-state index contributed by atoms with van der Waals surface area (Å²) in [5.41, 5.74) is 3.29. The smallest absolute Gasteiger partial charge is 0.133 e. The van der Waals surface area contributed by atoms with Crippen molar-refractivity contribution < 1.29 is 4.52 Å². The van der Waals surface area contributed by atoms with Crippen molar-refractivity contribution in [3.63, 3.8) is 0 Å². The average Bonchev–Trinajstić information content (AvgIpc) is 2.95. The zero-order chi connectivity index (χ0) is 14.5. The van der Waals surface area contributed by atoms with Gasteiger partial charge in [0.2, 0.25) is 0 Å². The van der Waals surface area contributed by atoms with E-state index in [1.165, 1.54) is 11.1 Å². The first-order valence-corrected chi connectivity index (χ1v) is 6.93. The van der Waals surface area contributed by atoms with Crippen LogP contribution in [0.5, 0.6) is 0 Å². The molecule has 3 aromatic rings. The van der Waals surface area contributed by atoms with E-state index >= 15 is 0 Å². The zero-order valence-electron chi connectivity index (χ0n) is 11.9. The summed E-state index contributed by atoms with van der Waals surface area (Å²) in [5.74, 6) is 0.826. The molecule has 0 fully saturated rings. The molecule has 4 heteroatoms. The summed E-state index contributed by atoms with van der Waals surface area (Å²) >= 11 is 0. The van der Waals surface area contributed by atoms with Crippen LogP contribution in [-0.2, 0) is 6.54 Å². The minimum atomic E-state index is 0.103. The van der Waals surface area contributed by atoms with E-state index in [0.717, 1.165) is 11.5 Å². The lowest BCUT2D eigenvalue weighted by Gasteiger charge is -2.19. The third-order valence-corrected chi connectivity index (χ3v) is 3.34. The van der Waals surface area contributed by atoms with Gasteiger partial charge in [-0.3, -0.25) is 4.98 Å². The molecule has 4 nitrogen and oxygen atoms in total. The van der Waals surface area contributed by atoms with E-state index in [2.05, 4.69) is 27.6 Å². The Balaban J connectivity index is 1.83. The number of nitrogens with zero attached hydrogens (tertiary/aromatic N) is 2. The number of hydrogen-bond donors (Lipinski definition) is 1. The van der Waals surface area contributed by atoms with E-state index in [1.807, 2.05) is 55.7 Å². The van der Waals surface area contributed by atoms with Gasteiger partial charge in [-0.05, 0) is 30.2 Å². The lowest BCUT2D eigenvalue weighted by Crippen LogP contribution is -2.22. The van der Waals surface area contributed by atoms with Crippen LogP contribution in [0.3, 0.4) is 0 Å². The quantitative estimate of drug-likeness (QED) is 0.779. The number of benzene rings is 1. The molecule has 1 N–H and O–H groups in total. The fraction of sp³-hybridized carbons (Fsp3) is 0.176. The summed E-state index contributed by atoms with van der Waals surface area (Å²) in [6.07, 6.45) is 3.63. The monoisotopic (exact) mass is 279 g/mol. The molecule has 21 heavy (non-hydrogen) atoms. The molecule has 0 bridgehead atoms. The molecule has 0 spiro atoms. The molecule has 0 saturated carbocycles. The van der Waals surface area contributed by atoms with Crippen LogP contribution in [0.2, 0.25) is 0 Å². The molecule has 0 amide bonds. The number of nitrogens with one attached hydrogen (secondary N) is 1. The molecule has 1 unspecified atom stereocenters. The first-order valence-electron chi connectivity index (χ1n) is 6.93. The van der Waals surface area contributed by atoms with E-state index in [-0.39, 0.29) is 6.04 Å². The standard InChI is InChI=1S/C17H17N3O/c1-13-11-16(20-21-13)12-19-17(14-5-3-2-4-6-14)15-7-9-18-10-8-15/h2-11,17,19H,12H2,1H3. The number of rotatable bonds is 5. The van der Waals surface area contributed by atoms with E-state index < -0.39 is 0 Å². The molecule has 0 aliphatic carbocycles. The van der Waals surface area contributed by atoms with Crippen LogP contribution in [0.4, 0.5) is 0 Å². The van der Waals surface area contributed by atoms with Crippen molar-refractivity contribution in [2.24, 2.45) is 0 Å². The second-order valence-corrected chi connectivity index (χ2v) is 4.93. The summed E-state index contributed by atoms with van der Waals surface area (Å²) in [5, 5.41) is 7.56. The molecule has 0 aliphatic rings. The Morgan fingerprint density at radius 2 is 1.76 bits per heavy atom. The summed E-state index contributed by atoms with van der Waals surface area (Å²) in [4.78, 5) is 4.09. The predicted octanol–water partition coefficient (Wildman–Crippen LogP) is 3.26. The van der Waals surface area contributed by atoms with Gasteiger partial charge in [-0.15, -0.1) is 0 Å². The van der Waals surface area contributed by atoms with Crippen molar-refractivity contribution in [3.05, 3.63) is 83.5 Å². The van der Waals surface area contributed by atoms with Crippen molar-refractivity contribution in [1.29, 1.82) is 0 Å². The molecule has 0 radical (unpaired) electrons. The van der Waals surface area contributed by atoms with Crippen LogP contribution < -0.4 is 5.32 Å². The first kappa shape index (κ1) is 13.5. The second kappa shape index (κ2) is 6.33. The number of hydrogen-bond acceptors (Lipinski definition) is 4. The highest BCUT2D eigenvalue weighted by Crippen LogP contribution is 2.21. The Kier molecular flexibility index (Phi) is 4.07. The molecule has 106 valence electrons. The lowest BCUT2D eigenvalue weighted by molar-refractivity contribution is 0.387. The van der Waals surface area contributed by atoms with Crippen LogP contribution in [0.15, 0.2) is 65.4 Å². The lowest BCUT2D eigenvalue weighted by atomic mass is 9.99. The fourth-order valence-corrected chi connectivity index (χ4v) is 2.34. The summed E-state index contributed by atoms with van der Waals surface area (Å²) < 4.78 is 5.11. The largest absolute Gasteiger partial charge is 0.361 e. The van der Waals surface area contributed by atoms with E-state index in [9.17, 15) is 0 Å². The van der Waals surface area contributed by atoms with Crippen LogP contribution in [0, 0.1) is 6.92 Å². The van der Waals surface area contributed by atoms with Crippen LogP contribution in [0.25, 0.3) is 0 Å². The first-order chi connectivity index (χ1) is 10.3. The molecule has 0 aliphatic heterocycles. The third-order valence-electron chi connectivity index (χ3n) is 3.34. The molecular weight excluding hydrogens is 262 g/mol. The van der Waals surface area contributed by atoms with E-state index in [0.29, 0.717) is 6.54 Å². The van der Waals surface area contributed by atoms with Crippen LogP contribution in [-0.4, -0.2) is 10.1 Å². The molecule has 0 saturated heterocycles. The second-order valence-electron chi connectivity index (χ2n) is 4.93. The molecular formula is C17H17N3O. The van der Waals surface area contributed by atoms with Gasteiger partial charge in [0.25, 0.3) is 0 Å². The van der Waals surface area contributed by atoms with Crippen molar-refractivity contribution in [2.75, 3.05) is 0 Å². The molecule has 1 aromatic carbocycles. The summed E-state index contributed by atoms with van der Waals surface area (Å²) in [6.45, 7) is 2.55. The SMILES string of the molecule is Cc1cc(CNC(c2ccccc2)c2ccncc2)no1. The van der Waals surface area contributed by atoms with E-state index in [1.54, 1.807) is 0 Å². The van der Waals surface area contributed by atoms with Gasteiger partial charge < -0.3 is 9.84 Å². The van der Waals surface area contributed by atoms with Crippen molar-refractivity contribution in [3.8, 4) is 0 Å². The molecule has 2 aromatic heterocycles. The Morgan fingerprint density at radius 1 is 1.05 bits per heavy atom. The normalized spacial score (nSPS) is 12.2. The summed E-state index contributed by atoms with van der Waals surface area (Å²) in [6, 6.07) is 16.5. The Morgan fingerprint density at radius 3 is 2.43 bits per heavy atom.